The minimum atomic E-state index is 0.136. The van der Waals surface area contributed by atoms with Crippen LogP contribution in [0.4, 0.5) is 0 Å². The first kappa shape index (κ1) is 10.9. The van der Waals surface area contributed by atoms with Crippen LogP contribution >= 0.6 is 12.6 Å². The zero-order chi connectivity index (χ0) is 9.52. The number of nitrogens with zero attached hydrogens (tertiary/aromatic N) is 1. The lowest BCUT2D eigenvalue weighted by molar-refractivity contribution is -0.142. The molecule has 0 saturated carbocycles. The summed E-state index contributed by atoms with van der Waals surface area (Å²) in [6, 6.07) is 0. The van der Waals surface area contributed by atoms with Crippen LogP contribution in [-0.2, 0) is 9.53 Å². The van der Waals surface area contributed by atoms with Gasteiger partial charge in [0.2, 0.25) is 5.91 Å². The molecule has 76 valence electrons. The van der Waals surface area contributed by atoms with E-state index >= 15 is 0 Å². The maximum Gasteiger partial charge on any atom is 0.248 e. The molecule has 0 bridgehead atoms. The number of ether oxygens (including phenoxy) is 1. The molecule has 1 amide bonds. The van der Waals surface area contributed by atoms with E-state index in [9.17, 15) is 4.79 Å². The summed E-state index contributed by atoms with van der Waals surface area (Å²) in [5.41, 5.74) is 0. The van der Waals surface area contributed by atoms with Crippen molar-refractivity contribution in [2.75, 3.05) is 32.1 Å². The van der Waals surface area contributed by atoms with E-state index < -0.39 is 0 Å². The topological polar surface area (TPSA) is 29.5 Å². The van der Waals surface area contributed by atoms with Crippen LogP contribution in [0.2, 0.25) is 0 Å². The van der Waals surface area contributed by atoms with Gasteiger partial charge in [-0.2, -0.15) is 12.6 Å². The first-order valence-corrected chi connectivity index (χ1v) is 5.44. The number of hydrogen-bond donors (Lipinski definition) is 1. The maximum absolute atomic E-state index is 11.2. The molecule has 0 aromatic carbocycles. The molecule has 1 fully saturated rings. The second-order valence-electron chi connectivity index (χ2n) is 3.22. The molecule has 4 heteroatoms. The summed E-state index contributed by atoms with van der Waals surface area (Å²) in [4.78, 5) is 13.1. The Morgan fingerprint density at radius 2 is 2.23 bits per heavy atom. The number of rotatable bonds is 5. The molecule has 0 aromatic heterocycles. The predicted molar refractivity (Wildman–Crippen MR) is 55.1 cm³/mol. The molecule has 0 atom stereocenters. The highest BCUT2D eigenvalue weighted by Crippen LogP contribution is 2.03. The Kier molecular flexibility index (Phi) is 5.23. The summed E-state index contributed by atoms with van der Waals surface area (Å²) in [6.07, 6.45) is 3.39. The third-order valence-electron chi connectivity index (χ3n) is 2.17. The molecular weight excluding hydrogens is 186 g/mol. The number of hydrogen-bond acceptors (Lipinski definition) is 3. The van der Waals surface area contributed by atoms with Crippen LogP contribution in [0.25, 0.3) is 0 Å². The Morgan fingerprint density at radius 3 is 2.92 bits per heavy atom. The van der Waals surface area contributed by atoms with E-state index in [1.165, 1.54) is 0 Å². The van der Waals surface area contributed by atoms with Crippen molar-refractivity contribution in [3.63, 3.8) is 0 Å². The maximum atomic E-state index is 11.2. The van der Waals surface area contributed by atoms with Crippen molar-refractivity contribution in [2.24, 2.45) is 0 Å². The molecule has 0 spiro atoms. The highest BCUT2D eigenvalue weighted by Gasteiger charge is 2.17. The highest BCUT2D eigenvalue weighted by atomic mass is 32.1. The molecule has 0 N–H and O–H groups in total. The van der Waals surface area contributed by atoms with Gasteiger partial charge in [0.1, 0.15) is 6.61 Å². The molecule has 0 radical (unpaired) electrons. The summed E-state index contributed by atoms with van der Waals surface area (Å²) in [5.74, 6) is 1.08. The number of carbonyl (C=O) groups excluding carboxylic acids is 1. The van der Waals surface area contributed by atoms with Crippen LogP contribution in [0.3, 0.4) is 0 Å². The Bertz CT molecular complexity index is 164. The fraction of sp³-hybridized carbons (Fsp3) is 0.889. The van der Waals surface area contributed by atoms with Crippen molar-refractivity contribution in [3.8, 4) is 0 Å². The monoisotopic (exact) mass is 203 g/mol. The number of morpholine rings is 1. The molecule has 0 aromatic rings. The first-order valence-electron chi connectivity index (χ1n) is 4.81. The van der Waals surface area contributed by atoms with Gasteiger partial charge in [-0.25, -0.2) is 0 Å². The summed E-state index contributed by atoms with van der Waals surface area (Å²) in [7, 11) is 0. The van der Waals surface area contributed by atoms with Gasteiger partial charge in [-0.1, -0.05) is 6.42 Å². The molecule has 13 heavy (non-hydrogen) atoms. The van der Waals surface area contributed by atoms with Gasteiger partial charge in [0.15, 0.2) is 0 Å². The van der Waals surface area contributed by atoms with Gasteiger partial charge in [0.25, 0.3) is 0 Å². The van der Waals surface area contributed by atoms with Crippen LogP contribution in [0.5, 0.6) is 0 Å². The van der Waals surface area contributed by atoms with E-state index in [0.29, 0.717) is 6.61 Å². The Morgan fingerprint density at radius 1 is 1.38 bits per heavy atom. The molecular formula is C9H17NO2S. The van der Waals surface area contributed by atoms with Gasteiger partial charge < -0.3 is 9.64 Å². The van der Waals surface area contributed by atoms with Crippen LogP contribution in [0, 0.1) is 0 Å². The van der Waals surface area contributed by atoms with E-state index in [0.717, 1.165) is 38.1 Å². The zero-order valence-corrected chi connectivity index (χ0v) is 8.76. The van der Waals surface area contributed by atoms with Gasteiger partial charge in [0.05, 0.1) is 6.61 Å². The zero-order valence-electron chi connectivity index (χ0n) is 7.87. The number of thiol groups is 1. The molecule has 1 rings (SSSR count). The highest BCUT2D eigenvalue weighted by molar-refractivity contribution is 7.80. The van der Waals surface area contributed by atoms with Crippen molar-refractivity contribution in [1.29, 1.82) is 0 Å². The van der Waals surface area contributed by atoms with Gasteiger partial charge in [-0.05, 0) is 18.6 Å². The largest absolute Gasteiger partial charge is 0.370 e. The Hall–Kier alpha value is -0.220. The van der Waals surface area contributed by atoms with Crippen molar-refractivity contribution in [2.45, 2.75) is 19.3 Å². The van der Waals surface area contributed by atoms with E-state index in [1.807, 2.05) is 4.90 Å². The Labute approximate surface area is 84.8 Å². The molecule has 1 heterocycles. The first-order chi connectivity index (χ1) is 6.34. The third-order valence-corrected chi connectivity index (χ3v) is 2.49. The molecule has 0 unspecified atom stereocenters. The minimum absolute atomic E-state index is 0.136. The minimum Gasteiger partial charge on any atom is -0.370 e. The second-order valence-corrected chi connectivity index (χ2v) is 3.66. The summed E-state index contributed by atoms with van der Waals surface area (Å²) in [5, 5.41) is 0. The number of unbranched alkanes of at least 4 members (excludes halogenated alkanes) is 2. The average Bonchev–Trinajstić information content (AvgIpc) is 2.15. The Balaban J connectivity index is 2.08. The average molecular weight is 203 g/mol. The lowest BCUT2D eigenvalue weighted by atomic mass is 10.2. The van der Waals surface area contributed by atoms with Crippen LogP contribution in [0.1, 0.15) is 19.3 Å². The number of amides is 1. The SMILES string of the molecule is O=C1COCCN1CCCCCS. The fourth-order valence-corrected chi connectivity index (χ4v) is 1.60. The number of carbonyl (C=O) groups is 1. The molecule has 3 nitrogen and oxygen atoms in total. The third kappa shape index (κ3) is 4.00. The van der Waals surface area contributed by atoms with Gasteiger partial charge >= 0.3 is 0 Å². The smallest absolute Gasteiger partial charge is 0.248 e. The van der Waals surface area contributed by atoms with Gasteiger partial charge in [0, 0.05) is 13.1 Å². The molecule has 1 saturated heterocycles. The van der Waals surface area contributed by atoms with E-state index in [1.54, 1.807) is 0 Å². The second kappa shape index (κ2) is 6.27. The summed E-state index contributed by atoms with van der Waals surface area (Å²) >= 11 is 4.14. The predicted octanol–water partition coefficient (Wildman–Crippen LogP) is 0.945. The van der Waals surface area contributed by atoms with Crippen LogP contribution in [0.15, 0.2) is 0 Å². The van der Waals surface area contributed by atoms with Crippen molar-refractivity contribution >= 4 is 18.5 Å². The summed E-state index contributed by atoms with van der Waals surface area (Å²) in [6.45, 7) is 2.61. The molecule has 1 aliphatic heterocycles. The van der Waals surface area contributed by atoms with Gasteiger partial charge in [-0.3, -0.25) is 4.79 Å². The van der Waals surface area contributed by atoms with Crippen LogP contribution in [-0.4, -0.2) is 42.9 Å². The lowest BCUT2D eigenvalue weighted by Gasteiger charge is -2.26. The van der Waals surface area contributed by atoms with Crippen LogP contribution < -0.4 is 0 Å². The standard InChI is InChI=1S/C9H17NO2S/c11-9-8-12-6-5-10(9)4-2-1-3-7-13/h13H,1-8H2. The fourth-order valence-electron chi connectivity index (χ4n) is 1.38. The van der Waals surface area contributed by atoms with Gasteiger partial charge in [-0.15, -0.1) is 0 Å². The van der Waals surface area contributed by atoms with E-state index in [-0.39, 0.29) is 12.5 Å². The van der Waals surface area contributed by atoms with Crippen molar-refractivity contribution in [1.82, 2.24) is 4.90 Å². The summed E-state index contributed by atoms with van der Waals surface area (Å²) < 4.78 is 5.04. The molecule has 1 aliphatic rings. The quantitative estimate of drug-likeness (QED) is 0.532. The molecule has 0 aliphatic carbocycles. The van der Waals surface area contributed by atoms with Crippen molar-refractivity contribution in [3.05, 3.63) is 0 Å². The van der Waals surface area contributed by atoms with Crippen molar-refractivity contribution < 1.29 is 9.53 Å². The lowest BCUT2D eigenvalue weighted by Crippen LogP contribution is -2.41. The van der Waals surface area contributed by atoms with E-state index in [2.05, 4.69) is 12.6 Å². The normalized spacial score (nSPS) is 17.9. The van der Waals surface area contributed by atoms with E-state index in [4.69, 9.17) is 4.74 Å².